The molecule has 5 nitrogen and oxygen atoms in total. The van der Waals surface area contributed by atoms with Gasteiger partial charge in [0.05, 0.1) is 11.1 Å². The van der Waals surface area contributed by atoms with Crippen LogP contribution < -0.4 is 0 Å². The van der Waals surface area contributed by atoms with Crippen LogP contribution in [0.2, 0.25) is 0 Å². The number of amides is 1. The molecule has 1 amide bonds. The van der Waals surface area contributed by atoms with E-state index in [4.69, 9.17) is 0 Å². The average molecular weight is 326 g/mol. The largest absolute Gasteiger partial charge is 0.480 e. The zero-order chi connectivity index (χ0) is 15.2. The van der Waals surface area contributed by atoms with Crippen molar-refractivity contribution in [2.24, 2.45) is 0 Å². The van der Waals surface area contributed by atoms with Crippen LogP contribution in [0, 0.1) is 0 Å². The van der Waals surface area contributed by atoms with Gasteiger partial charge >= 0.3 is 5.97 Å². The Labute approximate surface area is 132 Å². The highest BCUT2D eigenvalue weighted by molar-refractivity contribution is 8.00. The molecular formula is C14H18N2O3S2. The van der Waals surface area contributed by atoms with E-state index in [1.807, 2.05) is 19.1 Å². The third-order valence-electron chi connectivity index (χ3n) is 3.21. The number of thioether (sulfide) groups is 2. The molecule has 2 atom stereocenters. The highest BCUT2D eigenvalue weighted by Crippen LogP contribution is 2.33. The first-order chi connectivity index (χ1) is 10.1. The zero-order valence-corrected chi connectivity index (χ0v) is 13.4. The second kappa shape index (κ2) is 7.70. The zero-order valence-electron chi connectivity index (χ0n) is 11.8. The molecule has 21 heavy (non-hydrogen) atoms. The van der Waals surface area contributed by atoms with Gasteiger partial charge in [-0.1, -0.05) is 13.3 Å². The van der Waals surface area contributed by atoms with Crippen LogP contribution in [0.4, 0.5) is 0 Å². The second-order valence-electron chi connectivity index (χ2n) is 4.70. The van der Waals surface area contributed by atoms with E-state index in [0.717, 1.165) is 17.7 Å². The molecule has 1 fully saturated rings. The minimum Gasteiger partial charge on any atom is -0.480 e. The minimum absolute atomic E-state index is 0.0124. The summed E-state index contributed by atoms with van der Waals surface area (Å²) in [6, 6.07) is 2.99. The maximum Gasteiger partial charge on any atom is 0.327 e. The fourth-order valence-electron chi connectivity index (χ4n) is 2.21. The Hall–Kier alpha value is -1.21. The van der Waals surface area contributed by atoms with Crippen LogP contribution in [-0.4, -0.2) is 49.8 Å². The van der Waals surface area contributed by atoms with E-state index in [9.17, 15) is 14.7 Å². The van der Waals surface area contributed by atoms with Gasteiger partial charge in [-0.2, -0.15) is 0 Å². The number of carboxylic acid groups (broad SMARTS) is 1. The number of rotatable bonds is 6. The number of pyridine rings is 1. The average Bonchev–Trinajstić information content (AvgIpc) is 2.90. The predicted molar refractivity (Wildman–Crippen MR) is 84.4 cm³/mol. The summed E-state index contributed by atoms with van der Waals surface area (Å²) in [5.74, 6) is -0.281. The number of aromatic nitrogens is 1. The lowest BCUT2D eigenvalue weighted by atomic mass is 10.2. The smallest absolute Gasteiger partial charge is 0.327 e. The summed E-state index contributed by atoms with van der Waals surface area (Å²) in [6.45, 7) is 2.04. The number of carbonyl (C=O) groups is 2. The molecule has 0 spiro atoms. The van der Waals surface area contributed by atoms with E-state index < -0.39 is 12.0 Å². The molecule has 0 bridgehead atoms. The summed E-state index contributed by atoms with van der Waals surface area (Å²) in [6.07, 6.45) is 5.13. The lowest BCUT2D eigenvalue weighted by molar-refractivity contribution is -0.148. The number of aliphatic carboxylic acids is 1. The molecule has 0 saturated carbocycles. The van der Waals surface area contributed by atoms with E-state index >= 15 is 0 Å². The van der Waals surface area contributed by atoms with Crippen LogP contribution in [0.3, 0.4) is 0 Å². The van der Waals surface area contributed by atoms with Crippen molar-refractivity contribution < 1.29 is 14.7 Å². The van der Waals surface area contributed by atoms with Crippen molar-refractivity contribution in [2.75, 3.05) is 11.5 Å². The van der Waals surface area contributed by atoms with Crippen LogP contribution >= 0.6 is 23.5 Å². The van der Waals surface area contributed by atoms with Crippen molar-refractivity contribution in [3.05, 3.63) is 24.5 Å². The first-order valence-electron chi connectivity index (χ1n) is 6.82. The van der Waals surface area contributed by atoms with Crippen molar-refractivity contribution in [2.45, 2.75) is 36.1 Å². The fourth-order valence-corrected chi connectivity index (χ4v) is 4.50. The molecule has 0 aliphatic carbocycles. The predicted octanol–water partition coefficient (Wildman–Crippen LogP) is 2.33. The van der Waals surface area contributed by atoms with E-state index in [2.05, 4.69) is 4.98 Å². The standard InChI is InChI=1S/C14H18N2O3S2/c1-2-3-13-16(11(8-21-13)14(18)19)12(17)9-20-10-4-6-15-7-5-10/h4-7,11,13H,2-3,8-9H2,1H3,(H,18,19). The Kier molecular flexibility index (Phi) is 5.93. The van der Waals surface area contributed by atoms with Crippen molar-refractivity contribution in [1.82, 2.24) is 9.88 Å². The van der Waals surface area contributed by atoms with E-state index in [0.29, 0.717) is 5.75 Å². The van der Waals surface area contributed by atoms with Gasteiger partial charge in [0.15, 0.2) is 0 Å². The Morgan fingerprint density at radius 2 is 2.19 bits per heavy atom. The molecule has 1 aliphatic rings. The third kappa shape index (κ3) is 4.14. The summed E-state index contributed by atoms with van der Waals surface area (Å²) in [7, 11) is 0. The molecule has 0 aromatic carbocycles. The molecule has 2 heterocycles. The second-order valence-corrected chi connectivity index (χ2v) is 6.96. The maximum absolute atomic E-state index is 12.4. The number of hydrogen-bond donors (Lipinski definition) is 1. The molecule has 0 radical (unpaired) electrons. The van der Waals surface area contributed by atoms with E-state index in [1.54, 1.807) is 29.1 Å². The van der Waals surface area contributed by atoms with Gasteiger partial charge < -0.3 is 10.0 Å². The molecule has 1 aromatic heterocycles. The monoisotopic (exact) mass is 326 g/mol. The van der Waals surface area contributed by atoms with Crippen LogP contribution in [0.25, 0.3) is 0 Å². The Balaban J connectivity index is 2.01. The van der Waals surface area contributed by atoms with Gasteiger partial charge in [-0.15, -0.1) is 23.5 Å². The molecular weight excluding hydrogens is 308 g/mol. The molecule has 7 heteroatoms. The Bertz CT molecular complexity index is 498. The van der Waals surface area contributed by atoms with Gasteiger partial charge in [-0.25, -0.2) is 4.79 Å². The lowest BCUT2D eigenvalue weighted by Gasteiger charge is -2.27. The summed E-state index contributed by atoms with van der Waals surface area (Å²) in [5, 5.41) is 9.27. The summed E-state index contributed by atoms with van der Waals surface area (Å²) >= 11 is 2.98. The highest BCUT2D eigenvalue weighted by atomic mass is 32.2. The molecule has 2 rings (SSSR count). The van der Waals surface area contributed by atoms with Gasteiger partial charge in [-0.3, -0.25) is 9.78 Å². The van der Waals surface area contributed by atoms with Crippen LogP contribution in [0.15, 0.2) is 29.4 Å². The third-order valence-corrected chi connectivity index (χ3v) is 5.57. The summed E-state index contributed by atoms with van der Waals surface area (Å²) in [5.41, 5.74) is 0. The quantitative estimate of drug-likeness (QED) is 0.809. The SMILES string of the molecule is CCCC1SCC(C(=O)O)N1C(=O)CSc1ccncc1. The van der Waals surface area contributed by atoms with E-state index in [-0.39, 0.29) is 17.0 Å². The number of carbonyl (C=O) groups excluding carboxylic acids is 1. The van der Waals surface area contributed by atoms with Crippen LogP contribution in [0.5, 0.6) is 0 Å². The Morgan fingerprint density at radius 1 is 1.48 bits per heavy atom. The van der Waals surface area contributed by atoms with E-state index in [1.165, 1.54) is 11.8 Å². The molecule has 1 aliphatic heterocycles. The maximum atomic E-state index is 12.4. The van der Waals surface area contributed by atoms with Crippen molar-refractivity contribution in [3.63, 3.8) is 0 Å². The molecule has 1 saturated heterocycles. The van der Waals surface area contributed by atoms with Crippen LogP contribution in [-0.2, 0) is 9.59 Å². The van der Waals surface area contributed by atoms with Gasteiger partial charge in [-0.05, 0) is 18.6 Å². The Morgan fingerprint density at radius 3 is 2.81 bits per heavy atom. The first-order valence-corrected chi connectivity index (χ1v) is 8.85. The topological polar surface area (TPSA) is 70.5 Å². The van der Waals surface area contributed by atoms with Gasteiger partial charge in [0, 0.05) is 23.0 Å². The lowest BCUT2D eigenvalue weighted by Crippen LogP contribution is -2.46. The number of nitrogens with zero attached hydrogens (tertiary/aromatic N) is 2. The number of hydrogen-bond acceptors (Lipinski definition) is 5. The molecule has 114 valence electrons. The highest BCUT2D eigenvalue weighted by Gasteiger charge is 2.40. The van der Waals surface area contributed by atoms with Crippen molar-refractivity contribution in [1.29, 1.82) is 0 Å². The molecule has 1 N–H and O–H groups in total. The minimum atomic E-state index is -0.914. The van der Waals surface area contributed by atoms with Crippen molar-refractivity contribution >= 4 is 35.4 Å². The normalized spacial score (nSPS) is 21.5. The van der Waals surface area contributed by atoms with Crippen LogP contribution in [0.1, 0.15) is 19.8 Å². The number of carboxylic acids is 1. The first kappa shape index (κ1) is 16.2. The summed E-state index contributed by atoms with van der Waals surface area (Å²) < 4.78 is 0. The molecule has 2 unspecified atom stereocenters. The summed E-state index contributed by atoms with van der Waals surface area (Å²) in [4.78, 5) is 30.2. The van der Waals surface area contributed by atoms with Gasteiger partial charge in [0.25, 0.3) is 0 Å². The molecule has 1 aromatic rings. The fraction of sp³-hybridized carbons (Fsp3) is 0.500. The van der Waals surface area contributed by atoms with Gasteiger partial charge in [0.2, 0.25) is 5.91 Å². The van der Waals surface area contributed by atoms with Gasteiger partial charge in [0.1, 0.15) is 6.04 Å². The van der Waals surface area contributed by atoms with Crippen molar-refractivity contribution in [3.8, 4) is 0 Å².